The third kappa shape index (κ3) is 4.85. The molecule has 3 rings (SSSR count). The molecule has 1 heterocycles. The number of carbonyl (C=O) groups excluding carboxylic acids is 2. The van der Waals surface area contributed by atoms with Gasteiger partial charge in [-0.2, -0.15) is 0 Å². The molecule has 1 N–H and O–H groups in total. The molecular formula is C22H32N2O4. The predicted octanol–water partition coefficient (Wildman–Crippen LogP) is 2.58. The highest BCUT2D eigenvalue weighted by molar-refractivity contribution is 5.84. The van der Waals surface area contributed by atoms with Crippen molar-refractivity contribution in [1.29, 1.82) is 0 Å². The lowest BCUT2D eigenvalue weighted by molar-refractivity contribution is -0.134. The number of methoxy groups -OCH3 is 2. The summed E-state index contributed by atoms with van der Waals surface area (Å²) in [6.07, 6.45) is 5.02. The van der Waals surface area contributed by atoms with E-state index in [0.717, 1.165) is 43.4 Å². The zero-order chi connectivity index (χ0) is 19.9. The zero-order valence-corrected chi connectivity index (χ0v) is 17.0. The van der Waals surface area contributed by atoms with Gasteiger partial charge in [0.15, 0.2) is 0 Å². The Bertz CT molecular complexity index is 655. The van der Waals surface area contributed by atoms with Crippen LogP contribution in [-0.2, 0) is 14.3 Å². The molecule has 154 valence electrons. The summed E-state index contributed by atoms with van der Waals surface area (Å²) >= 11 is 0. The molecule has 1 aromatic carbocycles. The van der Waals surface area contributed by atoms with E-state index in [2.05, 4.69) is 5.32 Å². The highest BCUT2D eigenvalue weighted by Crippen LogP contribution is 2.36. The summed E-state index contributed by atoms with van der Waals surface area (Å²) in [7, 11) is 3.30. The molecule has 1 aromatic rings. The number of amides is 2. The lowest BCUT2D eigenvalue weighted by Gasteiger charge is -2.20. The molecule has 2 unspecified atom stereocenters. The average molecular weight is 389 g/mol. The fourth-order valence-corrected chi connectivity index (χ4v) is 4.43. The maximum Gasteiger partial charge on any atom is 0.225 e. The number of ether oxygens (including phenoxy) is 2. The Hall–Kier alpha value is -2.08. The fourth-order valence-electron chi connectivity index (χ4n) is 4.43. The Balaban J connectivity index is 1.72. The second kappa shape index (κ2) is 9.92. The molecule has 2 amide bonds. The van der Waals surface area contributed by atoms with Crippen molar-refractivity contribution in [1.82, 2.24) is 10.2 Å². The summed E-state index contributed by atoms with van der Waals surface area (Å²) in [4.78, 5) is 27.8. The minimum Gasteiger partial charge on any atom is -0.497 e. The Kier molecular flexibility index (Phi) is 7.31. The molecule has 2 atom stereocenters. The van der Waals surface area contributed by atoms with E-state index in [-0.39, 0.29) is 29.6 Å². The number of nitrogens with one attached hydrogen (secondary N) is 1. The van der Waals surface area contributed by atoms with E-state index in [1.807, 2.05) is 29.2 Å². The molecule has 6 nitrogen and oxygen atoms in total. The molecule has 0 bridgehead atoms. The monoisotopic (exact) mass is 388 g/mol. The number of carbonyl (C=O) groups is 2. The van der Waals surface area contributed by atoms with Crippen LogP contribution in [0.1, 0.15) is 43.6 Å². The van der Waals surface area contributed by atoms with Crippen molar-refractivity contribution in [2.75, 3.05) is 40.5 Å². The summed E-state index contributed by atoms with van der Waals surface area (Å²) < 4.78 is 10.3. The summed E-state index contributed by atoms with van der Waals surface area (Å²) in [6, 6.07) is 7.87. The molecule has 1 saturated heterocycles. The maximum absolute atomic E-state index is 12.9. The second-order valence-corrected chi connectivity index (χ2v) is 7.85. The number of likely N-dealkylation sites (tertiary alicyclic amines) is 1. The van der Waals surface area contributed by atoms with Crippen molar-refractivity contribution >= 4 is 11.8 Å². The number of nitrogens with zero attached hydrogens (tertiary/aromatic N) is 1. The molecule has 0 radical (unpaired) electrons. The van der Waals surface area contributed by atoms with E-state index in [9.17, 15) is 9.59 Å². The highest BCUT2D eigenvalue weighted by Gasteiger charge is 2.42. The van der Waals surface area contributed by atoms with Crippen LogP contribution in [0.2, 0.25) is 0 Å². The van der Waals surface area contributed by atoms with Crippen LogP contribution >= 0.6 is 0 Å². The Morgan fingerprint density at radius 1 is 1.11 bits per heavy atom. The van der Waals surface area contributed by atoms with Gasteiger partial charge in [-0.3, -0.25) is 9.59 Å². The molecule has 1 aliphatic carbocycles. The van der Waals surface area contributed by atoms with Crippen LogP contribution in [-0.4, -0.2) is 57.2 Å². The third-order valence-electron chi connectivity index (χ3n) is 6.04. The Morgan fingerprint density at radius 2 is 1.82 bits per heavy atom. The third-order valence-corrected chi connectivity index (χ3v) is 6.04. The molecule has 28 heavy (non-hydrogen) atoms. The van der Waals surface area contributed by atoms with Crippen LogP contribution in [0.4, 0.5) is 0 Å². The van der Waals surface area contributed by atoms with E-state index in [4.69, 9.17) is 9.47 Å². The van der Waals surface area contributed by atoms with Crippen molar-refractivity contribution < 1.29 is 19.1 Å². The van der Waals surface area contributed by atoms with Crippen LogP contribution < -0.4 is 10.1 Å². The molecule has 6 heteroatoms. The van der Waals surface area contributed by atoms with Gasteiger partial charge in [0.1, 0.15) is 5.75 Å². The first-order valence-corrected chi connectivity index (χ1v) is 10.3. The molecule has 2 aliphatic rings. The number of rotatable bonds is 8. The van der Waals surface area contributed by atoms with Gasteiger partial charge in [0.25, 0.3) is 0 Å². The lowest BCUT2D eigenvalue weighted by Crippen LogP contribution is -2.37. The van der Waals surface area contributed by atoms with Gasteiger partial charge in [0.05, 0.1) is 13.0 Å². The van der Waals surface area contributed by atoms with Gasteiger partial charge in [-0.05, 0) is 37.0 Å². The van der Waals surface area contributed by atoms with Crippen LogP contribution in [0, 0.1) is 11.8 Å². The zero-order valence-electron chi connectivity index (χ0n) is 17.0. The van der Waals surface area contributed by atoms with Crippen molar-refractivity contribution in [3.05, 3.63) is 29.8 Å². The second-order valence-electron chi connectivity index (χ2n) is 7.85. The Labute approximate surface area is 167 Å². The van der Waals surface area contributed by atoms with E-state index >= 15 is 0 Å². The van der Waals surface area contributed by atoms with Crippen molar-refractivity contribution in [2.24, 2.45) is 11.8 Å². The van der Waals surface area contributed by atoms with E-state index in [0.29, 0.717) is 26.2 Å². The largest absolute Gasteiger partial charge is 0.497 e. The van der Waals surface area contributed by atoms with Crippen LogP contribution in [0.15, 0.2) is 24.3 Å². The molecule has 2 fully saturated rings. The number of benzene rings is 1. The van der Waals surface area contributed by atoms with Crippen LogP contribution in [0.3, 0.4) is 0 Å². The molecule has 1 aliphatic heterocycles. The quantitative estimate of drug-likeness (QED) is 0.695. The van der Waals surface area contributed by atoms with Crippen LogP contribution in [0.5, 0.6) is 5.75 Å². The van der Waals surface area contributed by atoms with Gasteiger partial charge < -0.3 is 19.7 Å². The van der Waals surface area contributed by atoms with E-state index in [1.165, 1.54) is 0 Å². The SMILES string of the molecule is COCCCNC(=O)C1CN(C(=O)C2CCCC2)CC1c1ccc(OC)cc1. The normalized spacial score (nSPS) is 22.4. The van der Waals surface area contributed by atoms with Gasteiger partial charge in [-0.15, -0.1) is 0 Å². The first-order chi connectivity index (χ1) is 13.6. The van der Waals surface area contributed by atoms with Gasteiger partial charge in [-0.1, -0.05) is 25.0 Å². The summed E-state index contributed by atoms with van der Waals surface area (Å²) in [5.74, 6) is 0.977. The summed E-state index contributed by atoms with van der Waals surface area (Å²) in [6.45, 7) is 2.33. The first kappa shape index (κ1) is 20.6. The van der Waals surface area contributed by atoms with Gasteiger partial charge in [0.2, 0.25) is 11.8 Å². The minimum absolute atomic E-state index is 0.0127. The minimum atomic E-state index is -0.221. The van der Waals surface area contributed by atoms with Gasteiger partial charge >= 0.3 is 0 Å². The molecule has 0 spiro atoms. The number of hydrogen-bond acceptors (Lipinski definition) is 4. The maximum atomic E-state index is 12.9. The highest BCUT2D eigenvalue weighted by atomic mass is 16.5. The van der Waals surface area contributed by atoms with Crippen molar-refractivity contribution in [3.63, 3.8) is 0 Å². The fraction of sp³-hybridized carbons (Fsp3) is 0.636. The Morgan fingerprint density at radius 3 is 2.46 bits per heavy atom. The molecular weight excluding hydrogens is 356 g/mol. The van der Waals surface area contributed by atoms with Gasteiger partial charge in [-0.25, -0.2) is 0 Å². The topological polar surface area (TPSA) is 67.9 Å². The lowest BCUT2D eigenvalue weighted by atomic mass is 9.88. The summed E-state index contributed by atoms with van der Waals surface area (Å²) in [5, 5.41) is 3.03. The molecule has 0 aromatic heterocycles. The molecule has 1 saturated carbocycles. The standard InChI is InChI=1S/C22H32N2O4/c1-27-13-5-12-23-21(25)20-15-24(22(26)17-6-3-4-7-17)14-19(20)16-8-10-18(28-2)11-9-16/h8-11,17,19-20H,3-7,12-15H2,1-2H3,(H,23,25). The van der Waals surface area contributed by atoms with Crippen LogP contribution in [0.25, 0.3) is 0 Å². The van der Waals surface area contributed by atoms with E-state index in [1.54, 1.807) is 14.2 Å². The van der Waals surface area contributed by atoms with Crippen molar-refractivity contribution in [2.45, 2.75) is 38.0 Å². The number of hydrogen-bond donors (Lipinski definition) is 1. The first-order valence-electron chi connectivity index (χ1n) is 10.3. The predicted molar refractivity (Wildman–Crippen MR) is 107 cm³/mol. The average Bonchev–Trinajstić information content (AvgIpc) is 3.41. The van der Waals surface area contributed by atoms with Gasteiger partial charge in [0, 0.05) is 45.2 Å². The van der Waals surface area contributed by atoms with E-state index < -0.39 is 0 Å². The van der Waals surface area contributed by atoms with Crippen molar-refractivity contribution in [3.8, 4) is 5.75 Å². The smallest absolute Gasteiger partial charge is 0.225 e. The summed E-state index contributed by atoms with van der Waals surface area (Å²) in [5.41, 5.74) is 1.08.